The zero-order valence-corrected chi connectivity index (χ0v) is 16.5. The monoisotopic (exact) mass is 428 g/mol. The van der Waals surface area contributed by atoms with E-state index in [1.807, 2.05) is 48.5 Å². The van der Waals surface area contributed by atoms with Crippen molar-refractivity contribution in [1.29, 1.82) is 0 Å². The number of thioether (sulfide) groups is 1. The molecule has 0 saturated heterocycles. The first-order valence-electron chi connectivity index (χ1n) is 8.40. The van der Waals surface area contributed by atoms with Crippen LogP contribution in [0.15, 0.2) is 58.2 Å². The molecule has 2 aromatic carbocycles. The molecule has 0 spiro atoms. The average Bonchev–Trinajstić information content (AvgIpc) is 2.83. The predicted octanol–water partition coefficient (Wildman–Crippen LogP) is 5.31. The Balaban J connectivity index is 1.79. The van der Waals surface area contributed by atoms with Gasteiger partial charge in [0.15, 0.2) is 11.9 Å². The van der Waals surface area contributed by atoms with Crippen molar-refractivity contribution in [2.75, 3.05) is 11.1 Å². The highest BCUT2D eigenvalue weighted by Crippen LogP contribution is 2.39. The van der Waals surface area contributed by atoms with Gasteiger partial charge in [-0.15, -0.1) is 10.2 Å². The van der Waals surface area contributed by atoms with Crippen LogP contribution in [0, 0.1) is 0 Å². The third kappa shape index (κ3) is 3.54. The fraction of sp³-hybridized carbons (Fsp3) is 0.211. The standard InChI is InChI=1S/C19H17BrN4OS/c1-2-10-26-19-22-18-16(23-24-19)14-8-3-4-9-15(14)21-17(25-18)12-6-5-7-13(20)11-12/h3-9,11,17,21H,2,10H2,1H3/t17-/m1/s1. The van der Waals surface area contributed by atoms with Gasteiger partial charge in [0.25, 0.3) is 0 Å². The summed E-state index contributed by atoms with van der Waals surface area (Å²) in [7, 11) is 0. The number of para-hydroxylation sites is 1. The fourth-order valence-corrected chi connectivity index (χ4v) is 3.77. The van der Waals surface area contributed by atoms with Crippen LogP contribution in [0.2, 0.25) is 0 Å². The van der Waals surface area contributed by atoms with E-state index >= 15 is 0 Å². The van der Waals surface area contributed by atoms with Crippen LogP contribution in [0.5, 0.6) is 5.88 Å². The number of hydrogen-bond acceptors (Lipinski definition) is 6. The zero-order valence-electron chi connectivity index (χ0n) is 14.1. The minimum atomic E-state index is -0.365. The second kappa shape index (κ2) is 7.63. The number of nitrogens with one attached hydrogen (secondary N) is 1. The maximum absolute atomic E-state index is 6.24. The molecule has 0 fully saturated rings. The Morgan fingerprint density at radius 3 is 2.88 bits per heavy atom. The highest BCUT2D eigenvalue weighted by Gasteiger charge is 2.26. The van der Waals surface area contributed by atoms with E-state index in [-0.39, 0.29) is 6.23 Å². The quantitative estimate of drug-likeness (QED) is 0.568. The summed E-state index contributed by atoms with van der Waals surface area (Å²) in [6.07, 6.45) is 0.687. The lowest BCUT2D eigenvalue weighted by Gasteiger charge is -2.19. The molecule has 1 atom stereocenters. The predicted molar refractivity (Wildman–Crippen MR) is 107 cm³/mol. The third-order valence-corrected chi connectivity index (χ3v) is 5.46. The molecule has 1 aliphatic heterocycles. The van der Waals surface area contributed by atoms with E-state index in [1.165, 1.54) is 0 Å². The molecule has 26 heavy (non-hydrogen) atoms. The number of anilines is 1. The molecule has 4 rings (SSSR count). The first-order valence-corrected chi connectivity index (χ1v) is 10.2. The second-order valence-corrected chi connectivity index (χ2v) is 7.82. The largest absolute Gasteiger partial charge is 0.448 e. The maximum atomic E-state index is 6.24. The van der Waals surface area contributed by atoms with E-state index in [2.05, 4.69) is 43.4 Å². The molecular weight excluding hydrogens is 412 g/mol. The zero-order chi connectivity index (χ0) is 17.9. The minimum absolute atomic E-state index is 0.365. The topological polar surface area (TPSA) is 59.9 Å². The van der Waals surface area contributed by atoms with Crippen molar-refractivity contribution in [2.45, 2.75) is 24.7 Å². The Kier molecular flexibility index (Phi) is 5.08. The molecule has 0 bridgehead atoms. The van der Waals surface area contributed by atoms with Crippen LogP contribution in [0.25, 0.3) is 11.3 Å². The lowest BCUT2D eigenvalue weighted by Crippen LogP contribution is -2.17. The van der Waals surface area contributed by atoms with Crippen molar-refractivity contribution in [3.05, 3.63) is 58.6 Å². The van der Waals surface area contributed by atoms with Crippen molar-refractivity contribution in [1.82, 2.24) is 15.2 Å². The van der Waals surface area contributed by atoms with Crippen molar-refractivity contribution >= 4 is 33.4 Å². The molecular formula is C19H17BrN4OS. The number of benzene rings is 2. The first-order chi connectivity index (χ1) is 12.7. The Bertz CT molecular complexity index is 937. The second-order valence-electron chi connectivity index (χ2n) is 5.84. The minimum Gasteiger partial charge on any atom is -0.448 e. The molecule has 0 aliphatic carbocycles. The molecule has 1 aromatic heterocycles. The average molecular weight is 429 g/mol. The van der Waals surface area contributed by atoms with Gasteiger partial charge in [0.2, 0.25) is 11.0 Å². The highest BCUT2D eigenvalue weighted by atomic mass is 79.9. The molecule has 0 saturated carbocycles. The van der Waals surface area contributed by atoms with Crippen LogP contribution in [-0.2, 0) is 0 Å². The molecule has 5 nitrogen and oxygen atoms in total. The van der Waals surface area contributed by atoms with Gasteiger partial charge >= 0.3 is 0 Å². The molecule has 0 radical (unpaired) electrons. The molecule has 1 aliphatic rings. The van der Waals surface area contributed by atoms with Gasteiger partial charge < -0.3 is 10.1 Å². The summed E-state index contributed by atoms with van der Waals surface area (Å²) in [5.41, 5.74) is 3.54. The lowest BCUT2D eigenvalue weighted by molar-refractivity contribution is 0.225. The van der Waals surface area contributed by atoms with Gasteiger partial charge in [0.05, 0.1) is 0 Å². The fourth-order valence-electron chi connectivity index (χ4n) is 2.72. The van der Waals surface area contributed by atoms with Crippen molar-refractivity contribution in [2.24, 2.45) is 0 Å². The summed E-state index contributed by atoms with van der Waals surface area (Å²) in [5.74, 6) is 1.45. The number of hydrogen-bond donors (Lipinski definition) is 1. The van der Waals surface area contributed by atoms with Gasteiger partial charge in [-0.05, 0) is 24.6 Å². The smallest absolute Gasteiger partial charge is 0.247 e. The Morgan fingerprint density at radius 2 is 2.04 bits per heavy atom. The molecule has 3 aromatic rings. The summed E-state index contributed by atoms with van der Waals surface area (Å²) in [5, 5.41) is 12.8. The van der Waals surface area contributed by atoms with E-state index in [1.54, 1.807) is 11.8 Å². The van der Waals surface area contributed by atoms with E-state index in [4.69, 9.17) is 4.74 Å². The van der Waals surface area contributed by atoms with Crippen LogP contribution in [-0.4, -0.2) is 20.9 Å². The van der Waals surface area contributed by atoms with Crippen LogP contribution in [0.4, 0.5) is 5.69 Å². The normalized spacial score (nSPS) is 15.2. The van der Waals surface area contributed by atoms with Gasteiger partial charge in [-0.3, -0.25) is 0 Å². The van der Waals surface area contributed by atoms with Gasteiger partial charge in [0, 0.05) is 27.0 Å². The van der Waals surface area contributed by atoms with Crippen LogP contribution >= 0.6 is 27.7 Å². The van der Waals surface area contributed by atoms with Crippen LogP contribution < -0.4 is 10.1 Å². The number of aromatic nitrogens is 3. The molecule has 0 amide bonds. The van der Waals surface area contributed by atoms with Gasteiger partial charge in [-0.1, -0.05) is 64.9 Å². The van der Waals surface area contributed by atoms with Crippen molar-refractivity contribution in [3.8, 4) is 17.1 Å². The van der Waals surface area contributed by atoms with Crippen molar-refractivity contribution < 1.29 is 4.74 Å². The van der Waals surface area contributed by atoms with E-state index in [9.17, 15) is 0 Å². The summed E-state index contributed by atoms with van der Waals surface area (Å²) in [6, 6.07) is 16.0. The summed E-state index contributed by atoms with van der Waals surface area (Å²) < 4.78 is 7.24. The highest BCUT2D eigenvalue weighted by molar-refractivity contribution is 9.10. The number of rotatable bonds is 4. The molecule has 0 unspecified atom stereocenters. The van der Waals surface area contributed by atoms with E-state index in [0.29, 0.717) is 16.7 Å². The Hall–Kier alpha value is -2.12. The third-order valence-electron chi connectivity index (χ3n) is 3.92. The van der Waals surface area contributed by atoms with E-state index in [0.717, 1.165) is 33.5 Å². The molecule has 132 valence electrons. The lowest BCUT2D eigenvalue weighted by atomic mass is 10.1. The molecule has 2 heterocycles. The van der Waals surface area contributed by atoms with E-state index < -0.39 is 0 Å². The summed E-state index contributed by atoms with van der Waals surface area (Å²) in [4.78, 5) is 4.62. The molecule has 7 heteroatoms. The van der Waals surface area contributed by atoms with Crippen molar-refractivity contribution in [3.63, 3.8) is 0 Å². The number of halogens is 1. The number of fused-ring (bicyclic) bond motifs is 3. The molecule has 1 N–H and O–H groups in total. The summed E-state index contributed by atoms with van der Waals surface area (Å²) >= 11 is 5.12. The number of ether oxygens (including phenoxy) is 1. The first kappa shape index (κ1) is 17.3. The Morgan fingerprint density at radius 1 is 1.15 bits per heavy atom. The number of nitrogens with zero attached hydrogens (tertiary/aromatic N) is 3. The summed E-state index contributed by atoms with van der Waals surface area (Å²) in [6.45, 7) is 2.13. The van der Waals surface area contributed by atoms with Crippen LogP contribution in [0.3, 0.4) is 0 Å². The van der Waals surface area contributed by atoms with Crippen LogP contribution in [0.1, 0.15) is 25.1 Å². The van der Waals surface area contributed by atoms with Gasteiger partial charge in [-0.2, -0.15) is 4.98 Å². The Labute approximate surface area is 164 Å². The SMILES string of the molecule is CCCSc1nnc2c(n1)O[C@H](c1cccc(Br)c1)Nc1ccccc1-2. The van der Waals surface area contributed by atoms with Gasteiger partial charge in [0.1, 0.15) is 0 Å². The van der Waals surface area contributed by atoms with Gasteiger partial charge in [-0.25, -0.2) is 0 Å². The maximum Gasteiger partial charge on any atom is 0.247 e.